The van der Waals surface area contributed by atoms with Crippen LogP contribution < -0.4 is 10.5 Å². The highest BCUT2D eigenvalue weighted by Gasteiger charge is 2.21. The van der Waals surface area contributed by atoms with Crippen molar-refractivity contribution in [3.63, 3.8) is 0 Å². The molecule has 0 heterocycles. The fourth-order valence-corrected chi connectivity index (χ4v) is 1.87. The molecule has 5 heteroatoms. The minimum atomic E-state index is -1.22. The van der Waals surface area contributed by atoms with E-state index in [4.69, 9.17) is 15.6 Å². The highest BCUT2D eigenvalue weighted by molar-refractivity contribution is 5.95. The lowest BCUT2D eigenvalue weighted by Crippen LogP contribution is -2.06. The van der Waals surface area contributed by atoms with Gasteiger partial charge < -0.3 is 15.6 Å². The molecule has 4 nitrogen and oxygen atoms in total. The molecule has 0 saturated carbocycles. The molecule has 0 radical (unpaired) electrons. The maximum absolute atomic E-state index is 14.2. The molecule has 0 aromatic heterocycles. The number of carboxylic acid groups (broad SMARTS) is 1. The molecule has 0 fully saturated rings. The maximum atomic E-state index is 14.2. The molecule has 3 N–H and O–H groups in total. The quantitative estimate of drug-likeness (QED) is 0.833. The van der Waals surface area contributed by atoms with Gasteiger partial charge in [0.05, 0.1) is 7.11 Å². The van der Waals surface area contributed by atoms with Crippen LogP contribution in [0.4, 0.5) is 10.1 Å². The summed E-state index contributed by atoms with van der Waals surface area (Å²) < 4.78 is 19.0. The van der Waals surface area contributed by atoms with E-state index in [2.05, 4.69) is 0 Å². The second kappa shape index (κ2) is 4.97. The van der Waals surface area contributed by atoms with Crippen LogP contribution in [0.25, 0.3) is 11.1 Å². The van der Waals surface area contributed by atoms with Gasteiger partial charge in [0.2, 0.25) is 0 Å². The van der Waals surface area contributed by atoms with E-state index < -0.39 is 11.8 Å². The zero-order valence-corrected chi connectivity index (χ0v) is 10.2. The van der Waals surface area contributed by atoms with Gasteiger partial charge in [-0.05, 0) is 11.6 Å². The number of nitrogens with two attached hydrogens (primary N) is 1. The van der Waals surface area contributed by atoms with Gasteiger partial charge in [-0.25, -0.2) is 9.18 Å². The van der Waals surface area contributed by atoms with Gasteiger partial charge in [-0.1, -0.05) is 30.3 Å². The average molecular weight is 261 g/mol. The monoisotopic (exact) mass is 261 g/mol. The molecule has 0 amide bonds. The van der Waals surface area contributed by atoms with Crippen LogP contribution in [-0.4, -0.2) is 18.2 Å². The first kappa shape index (κ1) is 12.9. The number of hydrogen-bond acceptors (Lipinski definition) is 3. The summed E-state index contributed by atoms with van der Waals surface area (Å²) in [5.41, 5.74) is 5.82. The number of hydrogen-bond donors (Lipinski definition) is 2. The first-order valence-corrected chi connectivity index (χ1v) is 5.51. The van der Waals surface area contributed by atoms with Crippen molar-refractivity contribution in [2.75, 3.05) is 12.8 Å². The molecule has 0 aliphatic carbocycles. The normalized spacial score (nSPS) is 10.2. The summed E-state index contributed by atoms with van der Waals surface area (Å²) in [5.74, 6) is -2.07. The standard InChI is InChI=1S/C14H12FNO3/c1-19-13-10(14(17)18)7-9(11(15)12(13)16)8-5-3-2-4-6-8/h2-7H,16H2,1H3,(H,17,18). The van der Waals surface area contributed by atoms with E-state index in [0.717, 1.165) is 0 Å². The second-order valence-corrected chi connectivity index (χ2v) is 3.90. The van der Waals surface area contributed by atoms with E-state index in [1.165, 1.54) is 13.2 Å². The van der Waals surface area contributed by atoms with Crippen molar-refractivity contribution in [2.24, 2.45) is 0 Å². The third kappa shape index (κ3) is 2.22. The van der Waals surface area contributed by atoms with E-state index in [1.54, 1.807) is 30.3 Å². The lowest BCUT2D eigenvalue weighted by molar-refractivity contribution is 0.0693. The molecular formula is C14H12FNO3. The Balaban J connectivity index is 2.74. The number of rotatable bonds is 3. The van der Waals surface area contributed by atoms with E-state index in [9.17, 15) is 9.18 Å². The lowest BCUT2D eigenvalue weighted by atomic mass is 10.0. The minimum absolute atomic E-state index is 0.135. The van der Waals surface area contributed by atoms with Crippen molar-refractivity contribution in [2.45, 2.75) is 0 Å². The first-order chi connectivity index (χ1) is 9.06. The largest absolute Gasteiger partial charge is 0.494 e. The minimum Gasteiger partial charge on any atom is -0.494 e. The summed E-state index contributed by atoms with van der Waals surface area (Å²) in [6, 6.07) is 9.83. The lowest BCUT2D eigenvalue weighted by Gasteiger charge is -2.13. The molecule has 19 heavy (non-hydrogen) atoms. The van der Waals surface area contributed by atoms with Crippen LogP contribution in [0.15, 0.2) is 36.4 Å². The first-order valence-electron chi connectivity index (χ1n) is 5.51. The molecule has 0 aliphatic heterocycles. The Morgan fingerprint density at radius 2 is 1.95 bits per heavy atom. The van der Waals surface area contributed by atoms with Crippen LogP contribution in [0, 0.1) is 5.82 Å². The molecule has 2 aromatic rings. The highest BCUT2D eigenvalue weighted by Crippen LogP contribution is 2.36. The maximum Gasteiger partial charge on any atom is 0.339 e. The third-order valence-electron chi connectivity index (χ3n) is 2.77. The molecular weight excluding hydrogens is 249 g/mol. The Morgan fingerprint density at radius 1 is 1.32 bits per heavy atom. The fraction of sp³-hybridized carbons (Fsp3) is 0.0714. The SMILES string of the molecule is COc1c(C(=O)O)cc(-c2ccccc2)c(F)c1N. The molecule has 2 aromatic carbocycles. The third-order valence-corrected chi connectivity index (χ3v) is 2.77. The Kier molecular flexibility index (Phi) is 3.37. The predicted octanol–water partition coefficient (Wildman–Crippen LogP) is 2.78. The van der Waals surface area contributed by atoms with Gasteiger partial charge in [-0.2, -0.15) is 0 Å². The van der Waals surface area contributed by atoms with Crippen molar-refractivity contribution in [3.8, 4) is 16.9 Å². The summed E-state index contributed by atoms with van der Waals surface area (Å²) >= 11 is 0. The van der Waals surface area contributed by atoms with Crippen LogP contribution >= 0.6 is 0 Å². The molecule has 0 unspecified atom stereocenters. The molecule has 2 rings (SSSR count). The average Bonchev–Trinajstić information content (AvgIpc) is 2.42. The van der Waals surface area contributed by atoms with E-state index in [0.29, 0.717) is 5.56 Å². The number of anilines is 1. The van der Waals surface area contributed by atoms with Gasteiger partial charge in [0.15, 0.2) is 11.6 Å². The number of aromatic carboxylic acids is 1. The van der Waals surface area contributed by atoms with Gasteiger partial charge in [0, 0.05) is 5.56 Å². The van der Waals surface area contributed by atoms with Crippen molar-refractivity contribution >= 4 is 11.7 Å². The molecule has 0 saturated heterocycles. The summed E-state index contributed by atoms with van der Waals surface area (Å²) in [5, 5.41) is 9.13. The fourth-order valence-electron chi connectivity index (χ4n) is 1.87. The van der Waals surface area contributed by atoms with Crippen molar-refractivity contribution in [1.82, 2.24) is 0 Å². The summed E-state index contributed by atoms with van der Waals surface area (Å²) in [6.45, 7) is 0. The molecule has 0 aliphatic rings. The summed E-state index contributed by atoms with van der Waals surface area (Å²) in [7, 11) is 1.25. The van der Waals surface area contributed by atoms with Crippen LogP contribution in [0.1, 0.15) is 10.4 Å². The number of benzene rings is 2. The van der Waals surface area contributed by atoms with Crippen LogP contribution in [-0.2, 0) is 0 Å². The van der Waals surface area contributed by atoms with Gasteiger partial charge >= 0.3 is 5.97 Å². The van der Waals surface area contributed by atoms with E-state index in [-0.39, 0.29) is 22.6 Å². The van der Waals surface area contributed by atoms with Crippen molar-refractivity contribution < 1.29 is 19.0 Å². The summed E-state index contributed by atoms with van der Waals surface area (Å²) in [4.78, 5) is 11.2. The Bertz CT molecular complexity index is 626. The molecule has 0 atom stereocenters. The van der Waals surface area contributed by atoms with Crippen molar-refractivity contribution in [3.05, 3.63) is 47.8 Å². The predicted molar refractivity (Wildman–Crippen MR) is 69.8 cm³/mol. The van der Waals surface area contributed by atoms with E-state index in [1.807, 2.05) is 0 Å². The van der Waals surface area contributed by atoms with Gasteiger partial charge in [-0.15, -0.1) is 0 Å². The highest BCUT2D eigenvalue weighted by atomic mass is 19.1. The smallest absolute Gasteiger partial charge is 0.339 e. The van der Waals surface area contributed by atoms with E-state index >= 15 is 0 Å². The van der Waals surface area contributed by atoms with Crippen LogP contribution in [0.2, 0.25) is 0 Å². The number of halogens is 1. The zero-order chi connectivity index (χ0) is 14.0. The van der Waals surface area contributed by atoms with Crippen molar-refractivity contribution in [1.29, 1.82) is 0 Å². The number of carbonyl (C=O) groups is 1. The Morgan fingerprint density at radius 3 is 2.47 bits per heavy atom. The number of carboxylic acids is 1. The second-order valence-electron chi connectivity index (χ2n) is 3.90. The van der Waals surface area contributed by atoms with Crippen LogP contribution in [0.3, 0.4) is 0 Å². The zero-order valence-electron chi connectivity index (χ0n) is 10.2. The molecule has 0 bridgehead atoms. The Hall–Kier alpha value is -2.56. The molecule has 0 spiro atoms. The van der Waals surface area contributed by atoms with Gasteiger partial charge in [0.1, 0.15) is 11.3 Å². The summed E-state index contributed by atoms with van der Waals surface area (Å²) in [6.07, 6.45) is 0. The van der Waals surface area contributed by atoms with Gasteiger partial charge in [-0.3, -0.25) is 0 Å². The Labute approximate surface area is 109 Å². The number of nitrogen functional groups attached to an aromatic ring is 1. The van der Waals surface area contributed by atoms with Crippen LogP contribution in [0.5, 0.6) is 5.75 Å². The van der Waals surface area contributed by atoms with Gasteiger partial charge in [0.25, 0.3) is 0 Å². The molecule has 98 valence electrons. The number of ether oxygens (including phenoxy) is 1. The number of methoxy groups -OCH3 is 1. The topological polar surface area (TPSA) is 72.5 Å².